The van der Waals surface area contributed by atoms with Gasteiger partial charge < -0.3 is 9.47 Å². The fraction of sp³-hybridized carbons (Fsp3) is 0.250. The third-order valence-corrected chi connectivity index (χ3v) is 7.54. The van der Waals surface area contributed by atoms with Gasteiger partial charge in [-0.05, 0) is 72.6 Å². The molecule has 2 aliphatic heterocycles. The van der Waals surface area contributed by atoms with Crippen molar-refractivity contribution in [2.45, 2.75) is 20.3 Å². The first kappa shape index (κ1) is 24.7. The molecule has 0 atom stereocenters. The Morgan fingerprint density at radius 1 is 1.03 bits per heavy atom. The minimum Gasteiger partial charge on any atom is -0.493 e. The Balaban J connectivity index is 1.33. The molecule has 182 valence electrons. The summed E-state index contributed by atoms with van der Waals surface area (Å²) in [6.45, 7) is 5.10. The Labute approximate surface area is 208 Å². The van der Waals surface area contributed by atoms with E-state index < -0.39 is 15.7 Å². The average molecular weight is 513 g/mol. The first-order valence-electron chi connectivity index (χ1n) is 10.7. The highest BCUT2D eigenvalue weighted by Crippen LogP contribution is 2.30. The third kappa shape index (κ3) is 5.98. The van der Waals surface area contributed by atoms with Gasteiger partial charge >= 0.3 is 0 Å². The molecule has 0 fully saturated rings. The average Bonchev–Trinajstić information content (AvgIpc) is 3.21. The van der Waals surface area contributed by atoms with E-state index in [1.54, 1.807) is 24.3 Å². The molecule has 2 aromatic rings. The van der Waals surface area contributed by atoms with E-state index in [1.165, 1.54) is 6.08 Å². The Hall–Kier alpha value is -3.44. The number of carbonyl (C=O) groups is 1. The number of carbonyl (C=O) groups excluding carboxylic acids is 1. The van der Waals surface area contributed by atoms with Crippen molar-refractivity contribution >= 4 is 49.0 Å². The van der Waals surface area contributed by atoms with E-state index in [-0.39, 0.29) is 21.0 Å². The van der Waals surface area contributed by atoms with Crippen LogP contribution in [-0.2, 0) is 14.6 Å². The number of hydrazone groups is 1. The zero-order chi connectivity index (χ0) is 25.2. The summed E-state index contributed by atoms with van der Waals surface area (Å²) in [5, 5.41) is 13.4. The molecule has 0 aliphatic carbocycles. The van der Waals surface area contributed by atoms with Crippen molar-refractivity contribution in [3.8, 4) is 11.5 Å². The number of amidine groups is 2. The van der Waals surface area contributed by atoms with Crippen LogP contribution in [0.4, 0.5) is 0 Å². The zero-order valence-corrected chi connectivity index (χ0v) is 21.1. The van der Waals surface area contributed by atoms with E-state index >= 15 is 0 Å². The van der Waals surface area contributed by atoms with Crippen molar-refractivity contribution < 1.29 is 22.7 Å². The molecule has 0 aromatic heterocycles. The lowest BCUT2D eigenvalue weighted by Gasteiger charge is -2.20. The second-order valence-electron chi connectivity index (χ2n) is 8.10. The number of ether oxygens (including phenoxy) is 2. The van der Waals surface area contributed by atoms with Gasteiger partial charge in [-0.3, -0.25) is 10.2 Å². The highest BCUT2D eigenvalue weighted by atomic mass is 32.3. The summed E-state index contributed by atoms with van der Waals surface area (Å²) in [6, 6.07) is 13.2. The second kappa shape index (κ2) is 10.0. The van der Waals surface area contributed by atoms with Crippen LogP contribution in [0.5, 0.6) is 11.5 Å². The van der Waals surface area contributed by atoms with Crippen molar-refractivity contribution in [3.63, 3.8) is 0 Å². The van der Waals surface area contributed by atoms with Gasteiger partial charge in [-0.25, -0.2) is 8.42 Å². The maximum atomic E-state index is 12.4. The molecule has 9 nitrogen and oxygen atoms in total. The molecule has 2 aromatic carbocycles. The van der Waals surface area contributed by atoms with Crippen molar-refractivity contribution in [1.82, 2.24) is 5.01 Å². The predicted molar refractivity (Wildman–Crippen MR) is 138 cm³/mol. The maximum absolute atomic E-state index is 12.4. The summed E-state index contributed by atoms with van der Waals surface area (Å²) < 4.78 is 34.8. The van der Waals surface area contributed by atoms with Crippen LogP contribution in [0.15, 0.2) is 58.1 Å². The summed E-state index contributed by atoms with van der Waals surface area (Å²) in [6.07, 6.45) is 3.25. The van der Waals surface area contributed by atoms with E-state index in [9.17, 15) is 13.2 Å². The van der Waals surface area contributed by atoms with Gasteiger partial charge in [0.2, 0.25) is 19.4 Å². The Bertz CT molecular complexity index is 1360. The number of hydrogen-bond acceptors (Lipinski definition) is 8. The fourth-order valence-corrected chi connectivity index (χ4v) is 5.09. The summed E-state index contributed by atoms with van der Waals surface area (Å²) in [7, 11) is -3.57. The molecule has 0 bridgehead atoms. The molecule has 11 heteroatoms. The standard InChI is InChI=1S/C24H24N4O5S2/c1-15-11-16(2)13-19(12-15)33-10-4-9-32-18-7-5-17(6-8-18)14-20-21(25)28-23(26-22(20)29)34-24(27-28)35(3,30)31/h5-8,11-14,25H,4,9-10H2,1-3H3/b20-14+,25-21?. The predicted octanol–water partition coefficient (Wildman–Crippen LogP) is 3.77. The van der Waals surface area contributed by atoms with E-state index in [2.05, 4.69) is 16.2 Å². The number of benzene rings is 2. The number of nitrogens with zero attached hydrogens (tertiary/aromatic N) is 3. The number of thioether (sulfide) groups is 1. The summed E-state index contributed by atoms with van der Waals surface area (Å²) in [5.41, 5.74) is 3.01. The number of amides is 1. The quantitative estimate of drug-likeness (QED) is 0.443. The number of aryl methyl sites for hydroxylation is 2. The van der Waals surface area contributed by atoms with Crippen LogP contribution in [-0.4, -0.2) is 54.2 Å². The topological polar surface area (TPSA) is 121 Å². The number of sulfone groups is 1. The smallest absolute Gasteiger partial charge is 0.283 e. The molecule has 1 N–H and O–H groups in total. The van der Waals surface area contributed by atoms with Crippen molar-refractivity contribution in [2.75, 3.05) is 19.5 Å². The van der Waals surface area contributed by atoms with Gasteiger partial charge in [-0.15, -0.1) is 5.10 Å². The van der Waals surface area contributed by atoms with Crippen LogP contribution in [0, 0.1) is 19.3 Å². The van der Waals surface area contributed by atoms with Gasteiger partial charge in [-0.2, -0.15) is 10.0 Å². The van der Waals surface area contributed by atoms with Gasteiger partial charge in [-0.1, -0.05) is 18.2 Å². The lowest BCUT2D eigenvalue weighted by Crippen LogP contribution is -2.35. The molecule has 0 saturated carbocycles. The van der Waals surface area contributed by atoms with Crippen LogP contribution >= 0.6 is 11.8 Å². The number of aliphatic imine (C=N–C) groups is 1. The number of hydrogen-bond donors (Lipinski definition) is 1. The first-order valence-corrected chi connectivity index (χ1v) is 13.5. The van der Waals surface area contributed by atoms with Gasteiger partial charge in [0.15, 0.2) is 5.84 Å². The van der Waals surface area contributed by atoms with E-state index in [0.717, 1.165) is 39.9 Å². The largest absolute Gasteiger partial charge is 0.493 e. The molecule has 0 spiro atoms. The SMILES string of the molecule is Cc1cc(C)cc(OCCCOc2ccc(/C=C3\C(=N)N4N=C(S(C)(=O)=O)SC4=NC3=O)cc2)c1. The van der Waals surface area contributed by atoms with E-state index in [4.69, 9.17) is 14.9 Å². The highest BCUT2D eigenvalue weighted by Gasteiger charge is 2.38. The highest BCUT2D eigenvalue weighted by molar-refractivity contribution is 8.42. The lowest BCUT2D eigenvalue weighted by atomic mass is 10.1. The van der Waals surface area contributed by atoms with Gasteiger partial charge in [0, 0.05) is 12.7 Å². The van der Waals surface area contributed by atoms with Gasteiger partial charge in [0.05, 0.1) is 18.8 Å². The summed E-state index contributed by atoms with van der Waals surface area (Å²) in [5.74, 6) is 0.672. The second-order valence-corrected chi connectivity index (χ2v) is 11.2. The third-order valence-electron chi connectivity index (χ3n) is 4.97. The Kier molecular flexibility index (Phi) is 7.08. The fourth-order valence-electron chi connectivity index (χ4n) is 3.41. The molecular formula is C24H24N4O5S2. The maximum Gasteiger partial charge on any atom is 0.283 e. The monoisotopic (exact) mass is 512 g/mol. The van der Waals surface area contributed by atoms with Crippen LogP contribution < -0.4 is 9.47 Å². The molecule has 0 saturated heterocycles. The first-order chi connectivity index (χ1) is 16.6. The number of fused-ring (bicyclic) bond motifs is 1. The zero-order valence-electron chi connectivity index (χ0n) is 19.4. The van der Waals surface area contributed by atoms with Crippen molar-refractivity contribution in [3.05, 3.63) is 64.7 Å². The molecule has 2 aliphatic rings. The molecule has 2 heterocycles. The molecule has 35 heavy (non-hydrogen) atoms. The molecule has 0 unspecified atom stereocenters. The number of rotatable bonds is 7. The van der Waals surface area contributed by atoms with Gasteiger partial charge in [0.25, 0.3) is 5.91 Å². The summed E-state index contributed by atoms with van der Waals surface area (Å²) >= 11 is 0.754. The molecule has 0 radical (unpaired) electrons. The van der Waals surface area contributed by atoms with Gasteiger partial charge in [0.1, 0.15) is 11.5 Å². The Morgan fingerprint density at radius 3 is 2.29 bits per heavy atom. The van der Waals surface area contributed by atoms with E-state index in [0.29, 0.717) is 30.9 Å². The van der Waals surface area contributed by atoms with Crippen LogP contribution in [0.25, 0.3) is 6.08 Å². The van der Waals surface area contributed by atoms with Crippen molar-refractivity contribution in [1.29, 1.82) is 5.41 Å². The summed E-state index contributed by atoms with van der Waals surface area (Å²) in [4.78, 5) is 16.3. The lowest BCUT2D eigenvalue weighted by molar-refractivity contribution is -0.114. The minimum atomic E-state index is -3.57. The minimum absolute atomic E-state index is 0.0186. The van der Waals surface area contributed by atoms with Crippen LogP contribution in [0.2, 0.25) is 0 Å². The molecule has 4 rings (SSSR count). The normalized spacial score (nSPS) is 16.8. The number of nitrogens with one attached hydrogen (secondary N) is 1. The molecule has 1 amide bonds. The van der Waals surface area contributed by atoms with Crippen LogP contribution in [0.1, 0.15) is 23.1 Å². The van der Waals surface area contributed by atoms with E-state index in [1.807, 2.05) is 26.0 Å². The molecular weight excluding hydrogens is 488 g/mol. The van der Waals surface area contributed by atoms with Crippen LogP contribution in [0.3, 0.4) is 0 Å². The Morgan fingerprint density at radius 2 is 1.66 bits per heavy atom. The van der Waals surface area contributed by atoms with Crippen molar-refractivity contribution in [2.24, 2.45) is 10.1 Å².